The normalized spacial score (nSPS) is 14.8. The van der Waals surface area contributed by atoms with Crippen molar-refractivity contribution in [1.82, 2.24) is 24.7 Å². The Bertz CT molecular complexity index is 801. The van der Waals surface area contributed by atoms with E-state index in [-0.39, 0.29) is 11.3 Å². The Hall–Kier alpha value is -2.31. The molecule has 4 heterocycles. The maximum Gasteiger partial charge on any atom is 0.222 e. The van der Waals surface area contributed by atoms with Gasteiger partial charge in [0.05, 0.1) is 24.9 Å². The topological polar surface area (TPSA) is 65.7 Å². The predicted molar refractivity (Wildman–Crippen MR) is 81.4 cm³/mol. The summed E-state index contributed by atoms with van der Waals surface area (Å²) in [5.74, 6) is 0. The molecule has 6 nitrogen and oxygen atoms in total. The van der Waals surface area contributed by atoms with Gasteiger partial charge in [0.2, 0.25) is 5.28 Å². The number of hydrogen-bond acceptors (Lipinski definition) is 5. The quantitative estimate of drug-likeness (QED) is 0.695. The van der Waals surface area contributed by atoms with E-state index in [1.807, 2.05) is 29.1 Å². The van der Waals surface area contributed by atoms with Crippen molar-refractivity contribution in [1.29, 1.82) is 0 Å². The Morgan fingerprint density at radius 1 is 1.23 bits per heavy atom. The van der Waals surface area contributed by atoms with Crippen LogP contribution in [0, 0.1) is 0 Å². The number of rotatable bonds is 3. The molecule has 1 fully saturated rings. The van der Waals surface area contributed by atoms with Gasteiger partial charge in [0.25, 0.3) is 0 Å². The van der Waals surface area contributed by atoms with Crippen molar-refractivity contribution in [3.8, 4) is 22.5 Å². The van der Waals surface area contributed by atoms with Crippen LogP contribution in [0.5, 0.6) is 0 Å². The van der Waals surface area contributed by atoms with Gasteiger partial charge in [-0.3, -0.25) is 9.67 Å². The Labute approximate surface area is 131 Å². The van der Waals surface area contributed by atoms with Gasteiger partial charge in [-0.15, -0.1) is 0 Å². The molecule has 3 aromatic heterocycles. The SMILES string of the molecule is Clc1nccc(-c2cn(C3COC3)nc2-c2cccnc2)n1. The fourth-order valence-corrected chi connectivity index (χ4v) is 2.49. The molecule has 0 spiro atoms. The van der Waals surface area contributed by atoms with Crippen molar-refractivity contribution >= 4 is 11.6 Å². The molecule has 110 valence electrons. The van der Waals surface area contributed by atoms with E-state index in [1.54, 1.807) is 18.6 Å². The average molecular weight is 314 g/mol. The van der Waals surface area contributed by atoms with E-state index in [0.717, 1.165) is 22.5 Å². The second-order valence-corrected chi connectivity index (χ2v) is 5.35. The van der Waals surface area contributed by atoms with Gasteiger partial charge in [-0.25, -0.2) is 9.97 Å². The van der Waals surface area contributed by atoms with Gasteiger partial charge in [-0.1, -0.05) is 0 Å². The van der Waals surface area contributed by atoms with Crippen molar-refractivity contribution in [2.45, 2.75) is 6.04 Å². The minimum absolute atomic E-state index is 0.217. The summed E-state index contributed by atoms with van der Waals surface area (Å²) in [5, 5.41) is 4.92. The highest BCUT2D eigenvalue weighted by molar-refractivity contribution is 6.28. The molecule has 0 unspecified atom stereocenters. The zero-order valence-corrected chi connectivity index (χ0v) is 12.3. The standard InChI is InChI=1S/C15H12ClN5O/c16-15-18-5-3-13(19-15)12-7-21(11-8-22-9-11)20-14(12)10-2-1-4-17-6-10/h1-7,11H,8-9H2. The molecule has 22 heavy (non-hydrogen) atoms. The predicted octanol–water partition coefficient (Wildman–Crippen LogP) is 2.63. The Kier molecular flexibility index (Phi) is 3.32. The van der Waals surface area contributed by atoms with Crippen molar-refractivity contribution in [2.75, 3.05) is 13.2 Å². The first-order valence-electron chi connectivity index (χ1n) is 6.87. The summed E-state index contributed by atoms with van der Waals surface area (Å²) in [7, 11) is 0. The molecular formula is C15H12ClN5O. The Morgan fingerprint density at radius 2 is 2.14 bits per heavy atom. The number of hydrogen-bond donors (Lipinski definition) is 0. The molecule has 3 aromatic rings. The summed E-state index contributed by atoms with van der Waals surface area (Å²) >= 11 is 5.92. The number of pyridine rings is 1. The lowest BCUT2D eigenvalue weighted by Crippen LogP contribution is -2.30. The molecule has 0 radical (unpaired) electrons. The van der Waals surface area contributed by atoms with Crippen LogP contribution in [-0.4, -0.2) is 37.9 Å². The average Bonchev–Trinajstić information content (AvgIpc) is 2.91. The van der Waals surface area contributed by atoms with Crippen LogP contribution in [0.1, 0.15) is 6.04 Å². The van der Waals surface area contributed by atoms with Crippen LogP contribution in [-0.2, 0) is 4.74 Å². The molecule has 0 bridgehead atoms. The lowest BCUT2D eigenvalue weighted by Gasteiger charge is -2.25. The molecule has 0 N–H and O–H groups in total. The third kappa shape index (κ3) is 2.36. The third-order valence-electron chi connectivity index (χ3n) is 3.56. The molecule has 1 aliphatic heterocycles. The summed E-state index contributed by atoms with van der Waals surface area (Å²) in [6.07, 6.45) is 7.15. The number of halogens is 1. The molecule has 1 saturated heterocycles. The van der Waals surface area contributed by atoms with Crippen LogP contribution in [0.2, 0.25) is 5.28 Å². The van der Waals surface area contributed by atoms with Gasteiger partial charge in [0, 0.05) is 35.9 Å². The first kappa shape index (κ1) is 13.4. The molecule has 0 atom stereocenters. The summed E-state index contributed by atoms with van der Waals surface area (Å²) in [6.45, 7) is 1.36. The highest BCUT2D eigenvalue weighted by Gasteiger charge is 2.24. The molecule has 0 aliphatic carbocycles. The van der Waals surface area contributed by atoms with E-state index in [4.69, 9.17) is 21.4 Å². The highest BCUT2D eigenvalue weighted by atomic mass is 35.5. The monoisotopic (exact) mass is 313 g/mol. The van der Waals surface area contributed by atoms with E-state index in [9.17, 15) is 0 Å². The fourth-order valence-electron chi connectivity index (χ4n) is 2.34. The molecule has 0 amide bonds. The first-order valence-corrected chi connectivity index (χ1v) is 7.25. The summed E-state index contributed by atoms with van der Waals surface area (Å²) in [6, 6.07) is 5.95. The largest absolute Gasteiger partial charge is 0.377 e. The molecule has 4 rings (SSSR count). The van der Waals surface area contributed by atoms with E-state index in [0.29, 0.717) is 13.2 Å². The molecule has 0 aromatic carbocycles. The fraction of sp³-hybridized carbons (Fsp3) is 0.200. The van der Waals surface area contributed by atoms with Crippen LogP contribution >= 0.6 is 11.6 Å². The van der Waals surface area contributed by atoms with Gasteiger partial charge < -0.3 is 4.74 Å². The van der Waals surface area contributed by atoms with Gasteiger partial charge in [0.15, 0.2) is 0 Å². The maximum absolute atomic E-state index is 5.92. The van der Waals surface area contributed by atoms with Gasteiger partial charge in [-0.2, -0.15) is 5.10 Å². The van der Waals surface area contributed by atoms with Crippen LogP contribution in [0.4, 0.5) is 0 Å². The summed E-state index contributed by atoms with van der Waals surface area (Å²) in [4.78, 5) is 12.4. The number of aromatic nitrogens is 5. The van der Waals surface area contributed by atoms with Crippen LogP contribution in [0.25, 0.3) is 22.5 Å². The van der Waals surface area contributed by atoms with Crippen LogP contribution in [0.3, 0.4) is 0 Å². The van der Waals surface area contributed by atoms with E-state index in [2.05, 4.69) is 15.0 Å². The zero-order chi connectivity index (χ0) is 14.9. The van der Waals surface area contributed by atoms with Crippen LogP contribution in [0.15, 0.2) is 43.0 Å². The van der Waals surface area contributed by atoms with Gasteiger partial charge in [-0.05, 0) is 29.8 Å². The lowest BCUT2D eigenvalue weighted by molar-refractivity contribution is -0.0285. The minimum Gasteiger partial charge on any atom is -0.377 e. The van der Waals surface area contributed by atoms with E-state index < -0.39 is 0 Å². The van der Waals surface area contributed by atoms with E-state index in [1.165, 1.54) is 0 Å². The van der Waals surface area contributed by atoms with Crippen LogP contribution < -0.4 is 0 Å². The molecule has 0 saturated carbocycles. The van der Waals surface area contributed by atoms with Crippen molar-refractivity contribution in [3.63, 3.8) is 0 Å². The second-order valence-electron chi connectivity index (χ2n) is 5.02. The number of nitrogens with zero attached hydrogens (tertiary/aromatic N) is 5. The molecule has 1 aliphatic rings. The smallest absolute Gasteiger partial charge is 0.222 e. The van der Waals surface area contributed by atoms with Crippen molar-refractivity contribution in [2.24, 2.45) is 0 Å². The third-order valence-corrected chi connectivity index (χ3v) is 3.75. The molecule has 7 heteroatoms. The Balaban J connectivity index is 1.86. The van der Waals surface area contributed by atoms with E-state index >= 15 is 0 Å². The first-order chi connectivity index (χ1) is 10.8. The molecular weight excluding hydrogens is 302 g/mol. The number of ether oxygens (including phenoxy) is 1. The maximum atomic E-state index is 5.92. The van der Waals surface area contributed by atoms with Gasteiger partial charge >= 0.3 is 0 Å². The van der Waals surface area contributed by atoms with Gasteiger partial charge in [0.1, 0.15) is 5.69 Å². The summed E-state index contributed by atoms with van der Waals surface area (Å²) in [5.41, 5.74) is 3.41. The summed E-state index contributed by atoms with van der Waals surface area (Å²) < 4.78 is 7.18. The minimum atomic E-state index is 0.217. The van der Waals surface area contributed by atoms with Crippen molar-refractivity contribution < 1.29 is 4.74 Å². The second kappa shape index (κ2) is 5.47. The highest BCUT2D eigenvalue weighted by Crippen LogP contribution is 2.31. The van der Waals surface area contributed by atoms with Crippen molar-refractivity contribution in [3.05, 3.63) is 48.3 Å². The Morgan fingerprint density at radius 3 is 2.82 bits per heavy atom. The zero-order valence-electron chi connectivity index (χ0n) is 11.6. The lowest BCUT2D eigenvalue weighted by atomic mass is 10.1.